The maximum Gasteiger partial charge on any atom is 0.309 e. The first-order chi connectivity index (χ1) is 15.2. The number of nitrogens with zero attached hydrogens (tertiary/aromatic N) is 3. The molecule has 4 rings (SSSR count). The fourth-order valence-corrected chi connectivity index (χ4v) is 3.79. The number of anilines is 1. The predicted octanol–water partition coefficient (Wildman–Crippen LogP) is 3.94. The number of benzene rings is 2. The molecule has 166 valence electrons. The van der Waals surface area contributed by atoms with Gasteiger partial charge in [0.25, 0.3) is 5.91 Å². The van der Waals surface area contributed by atoms with Gasteiger partial charge in [0, 0.05) is 30.7 Å². The Hall–Kier alpha value is -3.45. The summed E-state index contributed by atoms with van der Waals surface area (Å²) in [6.45, 7) is 8.15. The molecule has 1 aliphatic heterocycles. The average Bonchev–Trinajstić information content (AvgIpc) is 3.18. The molecule has 0 aliphatic carbocycles. The Bertz CT molecular complexity index is 1110. The molecule has 32 heavy (non-hydrogen) atoms. The van der Waals surface area contributed by atoms with E-state index in [4.69, 9.17) is 5.11 Å². The Morgan fingerprint density at radius 3 is 2.31 bits per heavy atom. The molecule has 1 amide bonds. The highest BCUT2D eigenvalue weighted by Crippen LogP contribution is 2.26. The van der Waals surface area contributed by atoms with Crippen LogP contribution < -0.4 is 5.32 Å². The van der Waals surface area contributed by atoms with Crippen LogP contribution in [0.1, 0.15) is 42.5 Å². The van der Waals surface area contributed by atoms with Crippen molar-refractivity contribution in [2.75, 3.05) is 18.4 Å². The lowest BCUT2D eigenvalue weighted by atomic mass is 9.91. The van der Waals surface area contributed by atoms with Crippen molar-refractivity contribution < 1.29 is 14.7 Å². The van der Waals surface area contributed by atoms with E-state index in [2.05, 4.69) is 36.1 Å². The van der Waals surface area contributed by atoms with Gasteiger partial charge in [-0.25, -0.2) is 4.68 Å². The highest BCUT2D eigenvalue weighted by molar-refractivity contribution is 6.03. The molecule has 2 N–H and O–H groups in total. The van der Waals surface area contributed by atoms with E-state index in [1.807, 2.05) is 65.3 Å². The minimum atomic E-state index is -0.733. The summed E-state index contributed by atoms with van der Waals surface area (Å²) >= 11 is 0. The number of hydrogen-bond donors (Lipinski definition) is 2. The van der Waals surface area contributed by atoms with Crippen molar-refractivity contribution in [3.05, 3.63) is 77.6 Å². The molecular weight excluding hydrogens is 404 g/mol. The van der Waals surface area contributed by atoms with Crippen LogP contribution in [0, 0.1) is 5.92 Å². The van der Waals surface area contributed by atoms with E-state index >= 15 is 0 Å². The third-order valence-electron chi connectivity index (χ3n) is 5.64. The van der Waals surface area contributed by atoms with Gasteiger partial charge in [-0.15, -0.1) is 0 Å². The number of nitrogens with one attached hydrogen (secondary N) is 1. The molecule has 1 aromatic heterocycles. The Kier molecular flexibility index (Phi) is 5.84. The van der Waals surface area contributed by atoms with Gasteiger partial charge in [0.15, 0.2) is 5.69 Å². The zero-order chi connectivity index (χ0) is 22.9. The summed E-state index contributed by atoms with van der Waals surface area (Å²) in [5.41, 5.74) is 3.82. The zero-order valence-electron chi connectivity index (χ0n) is 18.6. The molecule has 3 aromatic rings. The maximum absolute atomic E-state index is 12.9. The van der Waals surface area contributed by atoms with Crippen LogP contribution in [-0.4, -0.2) is 44.8 Å². The molecule has 0 atom stereocenters. The molecule has 1 saturated heterocycles. The van der Waals surface area contributed by atoms with Gasteiger partial charge < -0.3 is 10.4 Å². The second-order valence-corrected chi connectivity index (χ2v) is 9.29. The fourth-order valence-electron chi connectivity index (χ4n) is 3.79. The molecule has 7 heteroatoms. The smallest absolute Gasteiger partial charge is 0.309 e. The van der Waals surface area contributed by atoms with Gasteiger partial charge in [-0.05, 0) is 35.9 Å². The van der Waals surface area contributed by atoms with Crippen LogP contribution in [0.4, 0.5) is 5.69 Å². The number of rotatable bonds is 6. The number of aromatic nitrogens is 2. The number of hydrogen-bond acceptors (Lipinski definition) is 4. The molecule has 7 nitrogen and oxygen atoms in total. The van der Waals surface area contributed by atoms with Gasteiger partial charge in [0.1, 0.15) is 0 Å². The van der Waals surface area contributed by atoms with Gasteiger partial charge in [-0.3, -0.25) is 14.5 Å². The number of aliphatic carboxylic acids is 1. The maximum atomic E-state index is 12.9. The van der Waals surface area contributed by atoms with Crippen LogP contribution in [0.2, 0.25) is 0 Å². The number of carbonyl (C=O) groups excluding carboxylic acids is 1. The molecule has 2 heterocycles. The first-order valence-electron chi connectivity index (χ1n) is 10.7. The van der Waals surface area contributed by atoms with Crippen LogP contribution >= 0.6 is 0 Å². The van der Waals surface area contributed by atoms with E-state index in [0.29, 0.717) is 31.0 Å². The van der Waals surface area contributed by atoms with Crippen molar-refractivity contribution in [2.24, 2.45) is 5.92 Å². The quantitative estimate of drug-likeness (QED) is 0.616. The lowest BCUT2D eigenvalue weighted by Gasteiger charge is -2.36. The van der Waals surface area contributed by atoms with Crippen molar-refractivity contribution in [2.45, 2.75) is 32.7 Å². The van der Waals surface area contributed by atoms with Crippen LogP contribution in [0.3, 0.4) is 0 Å². The molecule has 1 aliphatic rings. The van der Waals surface area contributed by atoms with E-state index < -0.39 is 5.97 Å². The minimum absolute atomic E-state index is 0.181. The second kappa shape index (κ2) is 8.59. The van der Waals surface area contributed by atoms with Gasteiger partial charge in [0.05, 0.1) is 17.3 Å². The fraction of sp³-hybridized carbons (Fsp3) is 0.320. The molecule has 0 unspecified atom stereocenters. The topological polar surface area (TPSA) is 87.5 Å². The number of para-hydroxylation sites is 1. The van der Waals surface area contributed by atoms with Crippen molar-refractivity contribution in [1.29, 1.82) is 0 Å². The van der Waals surface area contributed by atoms with E-state index in [1.165, 1.54) is 0 Å². The van der Waals surface area contributed by atoms with Gasteiger partial charge in [-0.1, -0.05) is 51.1 Å². The SMILES string of the molecule is CC(C)(C)c1cc(C(=O)Nc2ccc(CN3CC(C(=O)O)C3)cc2)nn1-c1ccccc1. The second-order valence-electron chi connectivity index (χ2n) is 9.29. The molecule has 0 radical (unpaired) electrons. The zero-order valence-corrected chi connectivity index (χ0v) is 18.6. The summed E-state index contributed by atoms with van der Waals surface area (Å²) in [6, 6.07) is 19.3. The summed E-state index contributed by atoms with van der Waals surface area (Å²) < 4.78 is 1.83. The summed E-state index contributed by atoms with van der Waals surface area (Å²) in [6.07, 6.45) is 0. The van der Waals surface area contributed by atoms with E-state index in [-0.39, 0.29) is 17.2 Å². The van der Waals surface area contributed by atoms with Crippen LogP contribution in [0.15, 0.2) is 60.7 Å². The molecule has 0 saturated carbocycles. The normalized spacial score (nSPS) is 14.7. The summed E-state index contributed by atoms with van der Waals surface area (Å²) in [4.78, 5) is 25.9. The summed E-state index contributed by atoms with van der Waals surface area (Å²) in [7, 11) is 0. The first kappa shape index (κ1) is 21.8. The van der Waals surface area contributed by atoms with Gasteiger partial charge in [-0.2, -0.15) is 5.10 Å². The number of likely N-dealkylation sites (tertiary alicyclic amines) is 1. The lowest BCUT2D eigenvalue weighted by molar-refractivity contribution is -0.147. The van der Waals surface area contributed by atoms with Crippen molar-refractivity contribution >= 4 is 17.6 Å². The molecular formula is C25H28N4O3. The Morgan fingerprint density at radius 2 is 1.72 bits per heavy atom. The Morgan fingerprint density at radius 1 is 1.06 bits per heavy atom. The summed E-state index contributed by atoms with van der Waals surface area (Å²) in [5, 5.41) is 16.5. The van der Waals surface area contributed by atoms with Crippen molar-refractivity contribution in [1.82, 2.24) is 14.7 Å². The number of carbonyl (C=O) groups is 2. The molecule has 2 aromatic carbocycles. The predicted molar refractivity (Wildman–Crippen MR) is 123 cm³/mol. The Balaban J connectivity index is 1.45. The van der Waals surface area contributed by atoms with Crippen LogP contribution in [0.5, 0.6) is 0 Å². The number of amides is 1. The standard InChI is InChI=1S/C25H28N4O3/c1-25(2,3)22-13-21(27-29(22)20-7-5-4-6-8-20)23(30)26-19-11-9-17(10-12-19)14-28-15-18(16-28)24(31)32/h4-13,18H,14-16H2,1-3H3,(H,26,30)(H,31,32). The van der Waals surface area contributed by atoms with E-state index in [0.717, 1.165) is 16.9 Å². The summed E-state index contributed by atoms with van der Waals surface area (Å²) in [5.74, 6) is -1.25. The van der Waals surface area contributed by atoms with Gasteiger partial charge >= 0.3 is 5.97 Å². The molecule has 0 spiro atoms. The van der Waals surface area contributed by atoms with Crippen molar-refractivity contribution in [3.63, 3.8) is 0 Å². The number of carboxylic acids is 1. The molecule has 0 bridgehead atoms. The highest BCUT2D eigenvalue weighted by Gasteiger charge is 2.32. The minimum Gasteiger partial charge on any atom is -0.481 e. The highest BCUT2D eigenvalue weighted by atomic mass is 16.4. The third-order valence-corrected chi connectivity index (χ3v) is 5.64. The third kappa shape index (κ3) is 4.73. The first-order valence-corrected chi connectivity index (χ1v) is 10.7. The monoisotopic (exact) mass is 432 g/mol. The van der Waals surface area contributed by atoms with E-state index in [1.54, 1.807) is 0 Å². The van der Waals surface area contributed by atoms with Crippen LogP contribution in [0.25, 0.3) is 5.69 Å². The van der Waals surface area contributed by atoms with Crippen LogP contribution in [-0.2, 0) is 16.8 Å². The van der Waals surface area contributed by atoms with Crippen molar-refractivity contribution in [3.8, 4) is 5.69 Å². The van der Waals surface area contributed by atoms with Gasteiger partial charge in [0.2, 0.25) is 0 Å². The Labute approximate surface area is 187 Å². The largest absolute Gasteiger partial charge is 0.481 e. The van der Waals surface area contributed by atoms with E-state index in [9.17, 15) is 9.59 Å². The average molecular weight is 433 g/mol. The lowest BCUT2D eigenvalue weighted by Crippen LogP contribution is -2.49. The number of carboxylic acid groups (broad SMARTS) is 1. The molecule has 1 fully saturated rings.